The second kappa shape index (κ2) is 7.60. The molecule has 21 heavy (non-hydrogen) atoms. The van der Waals surface area contributed by atoms with Gasteiger partial charge in [-0.15, -0.1) is 0 Å². The van der Waals surface area contributed by atoms with Gasteiger partial charge in [-0.25, -0.2) is 0 Å². The van der Waals surface area contributed by atoms with Gasteiger partial charge in [0.2, 0.25) is 5.91 Å². The van der Waals surface area contributed by atoms with Gasteiger partial charge in [-0.3, -0.25) is 4.79 Å². The Morgan fingerprint density at radius 2 is 1.86 bits per heavy atom. The third-order valence-corrected chi connectivity index (χ3v) is 4.66. The first-order valence-electron chi connectivity index (χ1n) is 8.26. The summed E-state index contributed by atoms with van der Waals surface area (Å²) in [4.78, 5) is 12.3. The van der Waals surface area contributed by atoms with E-state index in [9.17, 15) is 4.79 Å². The van der Waals surface area contributed by atoms with E-state index in [4.69, 9.17) is 5.73 Å². The molecule has 0 aliphatic heterocycles. The summed E-state index contributed by atoms with van der Waals surface area (Å²) in [7, 11) is 0. The van der Waals surface area contributed by atoms with Crippen molar-refractivity contribution < 1.29 is 4.79 Å². The molecule has 1 fully saturated rings. The van der Waals surface area contributed by atoms with Crippen LogP contribution in [0, 0.1) is 5.41 Å². The number of amides is 1. The maximum absolute atomic E-state index is 12.3. The molecule has 1 saturated carbocycles. The zero-order valence-corrected chi connectivity index (χ0v) is 13.2. The topological polar surface area (TPSA) is 55.1 Å². The Hall–Kier alpha value is -1.35. The van der Waals surface area contributed by atoms with Crippen molar-refractivity contribution in [3.8, 4) is 0 Å². The number of nitrogens with one attached hydrogen (secondary N) is 1. The van der Waals surface area contributed by atoms with Gasteiger partial charge in [0.05, 0.1) is 0 Å². The first-order valence-corrected chi connectivity index (χ1v) is 8.26. The molecule has 1 aromatic rings. The summed E-state index contributed by atoms with van der Waals surface area (Å²) in [5.41, 5.74) is 8.20. The van der Waals surface area contributed by atoms with Gasteiger partial charge in [0.25, 0.3) is 0 Å². The van der Waals surface area contributed by atoms with Gasteiger partial charge in [0.1, 0.15) is 0 Å². The maximum atomic E-state index is 12.3. The number of hydrogen-bond donors (Lipinski definition) is 2. The fourth-order valence-electron chi connectivity index (χ4n) is 3.34. The van der Waals surface area contributed by atoms with Crippen LogP contribution in [0.2, 0.25) is 0 Å². The maximum Gasteiger partial charge on any atom is 0.224 e. The third-order valence-electron chi connectivity index (χ3n) is 4.66. The van der Waals surface area contributed by atoms with E-state index < -0.39 is 0 Å². The standard InChI is InChI=1S/C18H28N2O/c1-2-6-15-7-9-16(10-8-15)20-17(21)13-18(14-19)11-4-3-5-12-18/h7-10H,2-6,11-14,19H2,1H3,(H,20,21). The summed E-state index contributed by atoms with van der Waals surface area (Å²) in [5.74, 6) is 0.102. The zero-order valence-electron chi connectivity index (χ0n) is 13.2. The van der Waals surface area contributed by atoms with Crippen molar-refractivity contribution in [3.05, 3.63) is 29.8 Å². The molecule has 3 N–H and O–H groups in total. The highest BCUT2D eigenvalue weighted by atomic mass is 16.1. The van der Waals surface area contributed by atoms with Gasteiger partial charge in [-0.05, 0) is 48.9 Å². The third kappa shape index (κ3) is 4.57. The minimum absolute atomic E-state index is 0.0322. The molecule has 0 heterocycles. The van der Waals surface area contributed by atoms with Crippen molar-refractivity contribution in [3.63, 3.8) is 0 Å². The Morgan fingerprint density at radius 1 is 1.19 bits per heavy atom. The lowest BCUT2D eigenvalue weighted by atomic mass is 9.71. The molecule has 0 spiro atoms. The lowest BCUT2D eigenvalue weighted by molar-refractivity contribution is -0.118. The summed E-state index contributed by atoms with van der Waals surface area (Å²) < 4.78 is 0. The fraction of sp³-hybridized carbons (Fsp3) is 0.611. The lowest BCUT2D eigenvalue weighted by Gasteiger charge is -2.35. The van der Waals surface area contributed by atoms with Gasteiger partial charge in [-0.1, -0.05) is 44.7 Å². The lowest BCUT2D eigenvalue weighted by Crippen LogP contribution is -2.36. The molecule has 0 aromatic heterocycles. The highest BCUT2D eigenvalue weighted by Crippen LogP contribution is 2.38. The van der Waals surface area contributed by atoms with Crippen LogP contribution >= 0.6 is 0 Å². The molecule has 1 aliphatic carbocycles. The quantitative estimate of drug-likeness (QED) is 0.834. The van der Waals surface area contributed by atoms with Crippen LogP contribution in [0.15, 0.2) is 24.3 Å². The van der Waals surface area contributed by atoms with Crippen LogP contribution < -0.4 is 11.1 Å². The molecule has 116 valence electrons. The molecule has 2 rings (SSSR count). The minimum Gasteiger partial charge on any atom is -0.330 e. The summed E-state index contributed by atoms with van der Waals surface area (Å²) in [6.07, 6.45) is 8.66. The summed E-state index contributed by atoms with van der Waals surface area (Å²) in [5, 5.41) is 3.02. The van der Waals surface area contributed by atoms with E-state index in [1.807, 2.05) is 12.1 Å². The van der Waals surface area contributed by atoms with Crippen LogP contribution in [-0.2, 0) is 11.2 Å². The average molecular weight is 288 g/mol. The molecule has 3 nitrogen and oxygen atoms in total. The van der Waals surface area contributed by atoms with Crippen molar-refractivity contribution in [1.29, 1.82) is 0 Å². The average Bonchev–Trinajstić information content (AvgIpc) is 2.50. The van der Waals surface area contributed by atoms with E-state index >= 15 is 0 Å². The monoisotopic (exact) mass is 288 g/mol. The van der Waals surface area contributed by atoms with Crippen molar-refractivity contribution >= 4 is 11.6 Å². The molecule has 0 atom stereocenters. The van der Waals surface area contributed by atoms with Gasteiger partial charge in [0.15, 0.2) is 0 Å². The molecule has 1 aromatic carbocycles. The van der Waals surface area contributed by atoms with Crippen LogP contribution in [0.25, 0.3) is 0 Å². The summed E-state index contributed by atoms with van der Waals surface area (Å²) >= 11 is 0. The van der Waals surface area contributed by atoms with E-state index in [0.717, 1.165) is 31.4 Å². The van der Waals surface area contributed by atoms with E-state index in [1.54, 1.807) is 0 Å². The molecule has 1 aliphatic rings. The SMILES string of the molecule is CCCc1ccc(NC(=O)CC2(CN)CCCCC2)cc1. The van der Waals surface area contributed by atoms with E-state index in [0.29, 0.717) is 13.0 Å². The van der Waals surface area contributed by atoms with Crippen molar-refractivity contribution in [1.82, 2.24) is 0 Å². The predicted molar refractivity (Wildman–Crippen MR) is 88.3 cm³/mol. The molecular formula is C18H28N2O. The first-order chi connectivity index (χ1) is 10.2. The highest BCUT2D eigenvalue weighted by Gasteiger charge is 2.32. The van der Waals surface area contributed by atoms with Crippen LogP contribution in [-0.4, -0.2) is 12.5 Å². The minimum atomic E-state index is 0.0322. The number of hydrogen-bond acceptors (Lipinski definition) is 2. The van der Waals surface area contributed by atoms with Crippen molar-refractivity contribution in [2.24, 2.45) is 11.1 Å². The number of carbonyl (C=O) groups excluding carboxylic acids is 1. The largest absolute Gasteiger partial charge is 0.330 e. The number of benzene rings is 1. The molecular weight excluding hydrogens is 260 g/mol. The van der Waals surface area contributed by atoms with E-state index in [1.165, 1.54) is 24.8 Å². The summed E-state index contributed by atoms with van der Waals surface area (Å²) in [6.45, 7) is 2.79. The van der Waals surface area contributed by atoms with Crippen LogP contribution in [0.3, 0.4) is 0 Å². The number of rotatable bonds is 6. The smallest absolute Gasteiger partial charge is 0.224 e. The predicted octanol–water partition coefficient (Wildman–Crippen LogP) is 3.88. The Kier molecular flexibility index (Phi) is 5.80. The van der Waals surface area contributed by atoms with Crippen LogP contribution in [0.1, 0.15) is 57.4 Å². The molecule has 0 unspecified atom stereocenters. The zero-order chi connectivity index (χ0) is 15.1. The Labute approximate surface area is 128 Å². The number of carbonyl (C=O) groups is 1. The van der Waals surface area contributed by atoms with Gasteiger partial charge in [-0.2, -0.15) is 0 Å². The Morgan fingerprint density at radius 3 is 2.43 bits per heavy atom. The number of anilines is 1. The molecule has 0 saturated heterocycles. The van der Waals surface area contributed by atoms with E-state index in [2.05, 4.69) is 24.4 Å². The molecule has 3 heteroatoms. The van der Waals surface area contributed by atoms with Crippen molar-refractivity contribution in [2.75, 3.05) is 11.9 Å². The second-order valence-corrected chi connectivity index (χ2v) is 6.44. The van der Waals surface area contributed by atoms with Gasteiger partial charge >= 0.3 is 0 Å². The van der Waals surface area contributed by atoms with Crippen LogP contribution in [0.5, 0.6) is 0 Å². The van der Waals surface area contributed by atoms with Gasteiger partial charge < -0.3 is 11.1 Å². The summed E-state index contributed by atoms with van der Waals surface area (Å²) in [6, 6.07) is 8.19. The van der Waals surface area contributed by atoms with Gasteiger partial charge in [0, 0.05) is 12.1 Å². The first kappa shape index (κ1) is 16.0. The van der Waals surface area contributed by atoms with Crippen LogP contribution in [0.4, 0.5) is 5.69 Å². The molecule has 1 amide bonds. The second-order valence-electron chi connectivity index (χ2n) is 6.44. The molecule has 0 radical (unpaired) electrons. The van der Waals surface area contributed by atoms with E-state index in [-0.39, 0.29) is 11.3 Å². The normalized spacial score (nSPS) is 17.4. The highest BCUT2D eigenvalue weighted by molar-refractivity contribution is 5.91. The number of nitrogens with two attached hydrogens (primary N) is 1. The number of aryl methyl sites for hydroxylation is 1. The van der Waals surface area contributed by atoms with Crippen molar-refractivity contribution in [2.45, 2.75) is 58.3 Å². The fourth-order valence-corrected chi connectivity index (χ4v) is 3.34. The Balaban J connectivity index is 1.91. The molecule has 0 bridgehead atoms. The Bertz CT molecular complexity index is 447.